The van der Waals surface area contributed by atoms with E-state index in [0.29, 0.717) is 5.33 Å². The van der Waals surface area contributed by atoms with E-state index >= 15 is 0 Å². The lowest BCUT2D eigenvalue weighted by Crippen LogP contribution is -2.62. The van der Waals surface area contributed by atoms with Crippen molar-refractivity contribution in [1.29, 1.82) is 0 Å². The molecular formula is C19H26BrNO8. The van der Waals surface area contributed by atoms with Gasteiger partial charge in [0, 0.05) is 11.4 Å². The topological polar surface area (TPSA) is 124 Å². The first kappa shape index (κ1) is 23.6. The van der Waals surface area contributed by atoms with Crippen LogP contribution in [-0.2, 0) is 18.9 Å². The van der Waals surface area contributed by atoms with Crippen LogP contribution in [-0.4, -0.2) is 77.6 Å². The summed E-state index contributed by atoms with van der Waals surface area (Å²) in [6.45, 7) is 3.14. The number of aliphatic hydroxyl groups is 2. The summed E-state index contributed by atoms with van der Waals surface area (Å²) in [5, 5.41) is 23.1. The molecule has 1 aliphatic heterocycles. The molecule has 1 fully saturated rings. The van der Waals surface area contributed by atoms with Crippen LogP contribution in [0, 0.1) is 0 Å². The van der Waals surface area contributed by atoms with Gasteiger partial charge >= 0.3 is 12.1 Å². The second-order valence-electron chi connectivity index (χ2n) is 6.68. The Morgan fingerprint density at radius 2 is 1.90 bits per heavy atom. The predicted molar refractivity (Wildman–Crippen MR) is 106 cm³/mol. The Hall–Kier alpha value is -1.72. The van der Waals surface area contributed by atoms with Crippen molar-refractivity contribution in [2.75, 3.05) is 18.5 Å². The SMILES string of the molecule is CC(C)NC(=O)O[C@H]1[C@H](O)[C@@H](CO)O[C@@H](OCCBr)[C@@H]1OC(=O)c1ccccc1. The van der Waals surface area contributed by atoms with Crippen LogP contribution in [0.15, 0.2) is 30.3 Å². The Bertz CT molecular complexity index is 659. The predicted octanol–water partition coefficient (Wildman–Crippen LogP) is 1.20. The number of esters is 1. The number of alkyl carbamates (subject to hydrolysis) is 1. The number of nitrogens with one attached hydrogen (secondary N) is 1. The lowest BCUT2D eigenvalue weighted by atomic mass is 9.98. The molecule has 1 amide bonds. The zero-order valence-corrected chi connectivity index (χ0v) is 17.8. The van der Waals surface area contributed by atoms with Gasteiger partial charge < -0.3 is 34.5 Å². The van der Waals surface area contributed by atoms with E-state index in [1.807, 2.05) is 0 Å². The minimum Gasteiger partial charge on any atom is -0.449 e. The van der Waals surface area contributed by atoms with Crippen LogP contribution in [0.3, 0.4) is 0 Å². The number of benzene rings is 1. The first-order chi connectivity index (χ1) is 13.9. The monoisotopic (exact) mass is 475 g/mol. The Morgan fingerprint density at radius 3 is 2.48 bits per heavy atom. The van der Waals surface area contributed by atoms with Gasteiger partial charge in [0.1, 0.15) is 12.2 Å². The van der Waals surface area contributed by atoms with Gasteiger partial charge in [0.15, 0.2) is 18.5 Å². The molecule has 10 heteroatoms. The minimum absolute atomic E-state index is 0.198. The number of ether oxygens (including phenoxy) is 4. The van der Waals surface area contributed by atoms with Gasteiger partial charge in [-0.3, -0.25) is 0 Å². The summed E-state index contributed by atoms with van der Waals surface area (Å²) >= 11 is 3.23. The van der Waals surface area contributed by atoms with Crippen LogP contribution in [0.4, 0.5) is 4.79 Å². The zero-order valence-electron chi connectivity index (χ0n) is 16.2. The van der Waals surface area contributed by atoms with Crippen molar-refractivity contribution in [2.45, 2.75) is 50.6 Å². The maximum atomic E-state index is 12.6. The van der Waals surface area contributed by atoms with E-state index in [9.17, 15) is 19.8 Å². The summed E-state index contributed by atoms with van der Waals surface area (Å²) < 4.78 is 22.0. The van der Waals surface area contributed by atoms with Crippen molar-refractivity contribution in [2.24, 2.45) is 0 Å². The van der Waals surface area contributed by atoms with Crippen molar-refractivity contribution in [3.63, 3.8) is 0 Å². The molecule has 5 atom stereocenters. The summed E-state index contributed by atoms with van der Waals surface area (Å²) in [5.41, 5.74) is 0.274. The molecule has 0 radical (unpaired) electrons. The fourth-order valence-corrected chi connectivity index (χ4v) is 2.94. The number of aliphatic hydroxyl groups excluding tert-OH is 2. The molecule has 0 spiro atoms. The van der Waals surface area contributed by atoms with Gasteiger partial charge in [0.2, 0.25) is 0 Å². The second-order valence-corrected chi connectivity index (χ2v) is 7.47. The van der Waals surface area contributed by atoms with Gasteiger partial charge in [-0.1, -0.05) is 34.1 Å². The molecule has 0 bridgehead atoms. The molecule has 0 aromatic heterocycles. The van der Waals surface area contributed by atoms with Crippen LogP contribution in [0.2, 0.25) is 0 Å². The van der Waals surface area contributed by atoms with E-state index < -0.39 is 49.4 Å². The molecular weight excluding hydrogens is 450 g/mol. The highest BCUT2D eigenvalue weighted by atomic mass is 79.9. The Labute approximate surface area is 177 Å². The molecule has 1 aromatic rings. The van der Waals surface area contributed by atoms with E-state index in [4.69, 9.17) is 18.9 Å². The maximum absolute atomic E-state index is 12.6. The standard InChI is InChI=1S/C19H26BrNO8/c1-11(2)21-19(25)29-15-14(23)13(10-22)27-18(26-9-8-20)16(15)28-17(24)12-6-4-3-5-7-12/h3-7,11,13-16,18,22-23H,8-10H2,1-2H3,(H,21,25)/t13-,14-,15+,16-,18-/m1/s1. The van der Waals surface area contributed by atoms with Crippen molar-refractivity contribution >= 4 is 28.0 Å². The van der Waals surface area contributed by atoms with Gasteiger partial charge in [-0.05, 0) is 26.0 Å². The maximum Gasteiger partial charge on any atom is 0.407 e. The molecule has 1 saturated heterocycles. The summed E-state index contributed by atoms with van der Waals surface area (Å²) in [5.74, 6) is -0.695. The first-order valence-electron chi connectivity index (χ1n) is 9.22. The molecule has 29 heavy (non-hydrogen) atoms. The summed E-state index contributed by atoms with van der Waals surface area (Å²) in [7, 11) is 0. The number of carbonyl (C=O) groups excluding carboxylic acids is 2. The van der Waals surface area contributed by atoms with Crippen LogP contribution >= 0.6 is 15.9 Å². The average molecular weight is 476 g/mol. The van der Waals surface area contributed by atoms with Gasteiger partial charge in [-0.25, -0.2) is 9.59 Å². The summed E-state index contributed by atoms with van der Waals surface area (Å²) in [6.07, 6.45) is -7.04. The summed E-state index contributed by atoms with van der Waals surface area (Å²) in [4.78, 5) is 24.7. The van der Waals surface area contributed by atoms with Gasteiger partial charge in [-0.15, -0.1) is 0 Å². The second kappa shape index (κ2) is 11.5. The van der Waals surface area contributed by atoms with E-state index in [1.165, 1.54) is 0 Å². The molecule has 0 unspecified atom stereocenters. The lowest BCUT2D eigenvalue weighted by Gasteiger charge is -2.42. The van der Waals surface area contributed by atoms with Crippen molar-refractivity contribution in [3.05, 3.63) is 35.9 Å². The highest BCUT2D eigenvalue weighted by molar-refractivity contribution is 9.09. The van der Waals surface area contributed by atoms with E-state index in [1.54, 1.807) is 44.2 Å². The van der Waals surface area contributed by atoms with Crippen LogP contribution in [0.1, 0.15) is 24.2 Å². The van der Waals surface area contributed by atoms with E-state index in [2.05, 4.69) is 21.2 Å². The molecule has 162 valence electrons. The smallest absolute Gasteiger partial charge is 0.407 e. The first-order valence-corrected chi connectivity index (χ1v) is 10.3. The highest BCUT2D eigenvalue weighted by Crippen LogP contribution is 2.28. The highest BCUT2D eigenvalue weighted by Gasteiger charge is 2.50. The summed E-state index contributed by atoms with van der Waals surface area (Å²) in [6, 6.07) is 8.02. The van der Waals surface area contributed by atoms with Crippen LogP contribution < -0.4 is 5.32 Å². The number of alkyl halides is 1. The normalized spacial score (nSPS) is 26.8. The quantitative estimate of drug-likeness (QED) is 0.378. The van der Waals surface area contributed by atoms with Gasteiger partial charge in [0.25, 0.3) is 0 Å². The molecule has 3 N–H and O–H groups in total. The third kappa shape index (κ3) is 6.65. The zero-order chi connectivity index (χ0) is 21.4. The number of hydrogen-bond acceptors (Lipinski definition) is 8. The van der Waals surface area contributed by atoms with Crippen molar-refractivity contribution in [3.8, 4) is 0 Å². The fourth-order valence-electron chi connectivity index (χ4n) is 2.76. The van der Waals surface area contributed by atoms with Crippen LogP contribution in [0.5, 0.6) is 0 Å². The van der Waals surface area contributed by atoms with Crippen LogP contribution in [0.25, 0.3) is 0 Å². The number of hydrogen-bond donors (Lipinski definition) is 3. The van der Waals surface area contributed by atoms with E-state index in [-0.39, 0.29) is 18.2 Å². The number of rotatable bonds is 8. The Balaban J connectivity index is 2.27. The fraction of sp³-hybridized carbons (Fsp3) is 0.579. The number of amides is 1. The average Bonchev–Trinajstić information content (AvgIpc) is 2.70. The molecule has 0 saturated carbocycles. The van der Waals surface area contributed by atoms with Crippen molar-refractivity contribution < 1.29 is 38.7 Å². The van der Waals surface area contributed by atoms with Gasteiger partial charge in [-0.2, -0.15) is 0 Å². The third-order valence-electron chi connectivity index (χ3n) is 4.06. The van der Waals surface area contributed by atoms with Crippen molar-refractivity contribution in [1.82, 2.24) is 5.32 Å². The molecule has 9 nitrogen and oxygen atoms in total. The van der Waals surface area contributed by atoms with E-state index in [0.717, 1.165) is 0 Å². The molecule has 2 rings (SSSR count). The lowest BCUT2D eigenvalue weighted by molar-refractivity contribution is -0.297. The largest absolute Gasteiger partial charge is 0.449 e. The number of halogens is 1. The molecule has 1 heterocycles. The Kier molecular flexibility index (Phi) is 9.31. The number of carbonyl (C=O) groups is 2. The third-order valence-corrected chi connectivity index (χ3v) is 4.38. The Morgan fingerprint density at radius 1 is 1.21 bits per heavy atom. The molecule has 0 aliphatic carbocycles. The molecule has 1 aromatic carbocycles. The minimum atomic E-state index is -1.43. The van der Waals surface area contributed by atoms with Gasteiger partial charge in [0.05, 0.1) is 18.8 Å². The molecule has 1 aliphatic rings.